The van der Waals surface area contributed by atoms with Gasteiger partial charge in [-0.1, -0.05) is 30.9 Å². The molecule has 120 valence electrons. The van der Waals surface area contributed by atoms with Gasteiger partial charge in [0.15, 0.2) is 0 Å². The van der Waals surface area contributed by atoms with Crippen LogP contribution in [0.15, 0.2) is 6.33 Å². The minimum atomic E-state index is -0.293. The van der Waals surface area contributed by atoms with Crippen molar-refractivity contribution in [2.45, 2.75) is 63.4 Å². The van der Waals surface area contributed by atoms with Crippen LogP contribution in [0.4, 0.5) is 5.82 Å². The van der Waals surface area contributed by atoms with Crippen LogP contribution in [0.2, 0.25) is 5.15 Å². The van der Waals surface area contributed by atoms with E-state index < -0.39 is 0 Å². The summed E-state index contributed by atoms with van der Waals surface area (Å²) in [4.78, 5) is 8.62. The van der Waals surface area contributed by atoms with Gasteiger partial charge in [0.1, 0.15) is 17.3 Å². The predicted molar refractivity (Wildman–Crippen MR) is 87.1 cm³/mol. The Bertz CT molecular complexity index is 563. The largest absolute Gasteiger partial charge is 0.391 e. The van der Waals surface area contributed by atoms with E-state index in [-0.39, 0.29) is 6.10 Å². The van der Waals surface area contributed by atoms with Gasteiger partial charge in [0, 0.05) is 12.1 Å². The monoisotopic (exact) mass is 321 g/mol. The summed E-state index contributed by atoms with van der Waals surface area (Å²) in [5.41, 5.74) is 1.38. The number of rotatable bonds is 0. The molecule has 4 unspecified atom stereocenters. The number of hydrogen-bond donors (Lipinski definition) is 2. The smallest absolute Gasteiger partial charge is 0.138 e. The van der Waals surface area contributed by atoms with Gasteiger partial charge in [0.25, 0.3) is 0 Å². The summed E-state index contributed by atoms with van der Waals surface area (Å²) in [6.07, 6.45) is 11.0. The van der Waals surface area contributed by atoms with Crippen molar-refractivity contribution in [3.63, 3.8) is 0 Å². The number of hydrogen-bond acceptors (Lipinski definition) is 4. The average molecular weight is 322 g/mol. The molecule has 2 saturated carbocycles. The first-order valence-corrected chi connectivity index (χ1v) is 9.00. The Kier molecular flexibility index (Phi) is 3.77. The lowest BCUT2D eigenvalue weighted by atomic mass is 9.55. The predicted octanol–water partition coefficient (Wildman–Crippen LogP) is 3.75. The van der Waals surface area contributed by atoms with E-state index in [1.165, 1.54) is 38.4 Å². The zero-order valence-corrected chi connectivity index (χ0v) is 13.6. The Hall–Kier alpha value is -0.870. The van der Waals surface area contributed by atoms with Crippen LogP contribution < -0.4 is 5.32 Å². The molecule has 0 saturated heterocycles. The van der Waals surface area contributed by atoms with Crippen LogP contribution >= 0.6 is 11.6 Å². The van der Waals surface area contributed by atoms with E-state index in [1.54, 1.807) is 0 Å². The van der Waals surface area contributed by atoms with Gasteiger partial charge in [-0.3, -0.25) is 0 Å². The minimum Gasteiger partial charge on any atom is -0.391 e. The van der Waals surface area contributed by atoms with E-state index in [2.05, 4.69) is 15.3 Å². The van der Waals surface area contributed by atoms with E-state index >= 15 is 0 Å². The summed E-state index contributed by atoms with van der Waals surface area (Å²) in [5.74, 6) is 1.67. The second-order valence-electron chi connectivity index (χ2n) is 7.38. The van der Waals surface area contributed by atoms with Crippen molar-refractivity contribution in [2.75, 3.05) is 11.9 Å². The summed E-state index contributed by atoms with van der Waals surface area (Å²) in [5, 5.41) is 14.7. The van der Waals surface area contributed by atoms with Gasteiger partial charge in [-0.15, -0.1) is 0 Å². The molecule has 5 heteroatoms. The molecule has 0 amide bonds. The van der Waals surface area contributed by atoms with Crippen LogP contribution in [0.25, 0.3) is 0 Å². The number of halogens is 1. The first-order valence-electron chi connectivity index (χ1n) is 8.62. The third-order valence-electron chi connectivity index (χ3n) is 6.29. The van der Waals surface area contributed by atoms with E-state index in [9.17, 15) is 5.11 Å². The zero-order chi connectivity index (χ0) is 15.2. The Balaban J connectivity index is 1.79. The number of aliphatic hydroxyl groups excluding tert-OH is 1. The number of nitrogens with one attached hydrogen (secondary N) is 1. The highest BCUT2D eigenvalue weighted by molar-refractivity contribution is 6.30. The fraction of sp³-hybridized carbons (Fsp3) is 0.765. The maximum absolute atomic E-state index is 10.8. The number of aromatic nitrogens is 2. The van der Waals surface area contributed by atoms with Gasteiger partial charge >= 0.3 is 0 Å². The molecule has 4 rings (SSSR count). The molecule has 1 aliphatic heterocycles. The Morgan fingerprint density at radius 2 is 2.05 bits per heavy atom. The second kappa shape index (κ2) is 5.64. The fourth-order valence-corrected chi connectivity index (χ4v) is 5.65. The normalized spacial score (nSPS) is 37.8. The molecular formula is C17H24ClN3O. The van der Waals surface area contributed by atoms with Crippen molar-refractivity contribution in [3.8, 4) is 0 Å². The van der Waals surface area contributed by atoms with Gasteiger partial charge in [0.05, 0.1) is 6.10 Å². The Morgan fingerprint density at radius 3 is 2.95 bits per heavy atom. The molecule has 2 heterocycles. The standard InChI is InChI=1S/C17H24ClN3O/c18-15-14-11-4-3-7-17(8-11)6-2-1-5-12(17)13(22)9-19-16(14)21-10-20-15/h10-13,22H,1-9H2,(H,19,20,21). The SMILES string of the molecule is OC1CNc2ncnc(Cl)c2C2CCCC3(CCCCC13)C2. The molecule has 0 radical (unpaired) electrons. The van der Waals surface area contributed by atoms with Crippen LogP contribution in [-0.4, -0.2) is 27.7 Å². The van der Waals surface area contributed by atoms with Gasteiger partial charge in [-0.05, 0) is 49.4 Å². The van der Waals surface area contributed by atoms with Crippen molar-refractivity contribution in [1.82, 2.24) is 9.97 Å². The van der Waals surface area contributed by atoms with Gasteiger partial charge in [-0.25, -0.2) is 9.97 Å². The number of fused-ring (bicyclic) bond motifs is 3. The lowest BCUT2D eigenvalue weighted by Gasteiger charge is -2.50. The number of aliphatic hydroxyl groups is 1. The van der Waals surface area contributed by atoms with Gasteiger partial charge < -0.3 is 10.4 Å². The molecule has 22 heavy (non-hydrogen) atoms. The second-order valence-corrected chi connectivity index (χ2v) is 7.74. The summed E-state index contributed by atoms with van der Waals surface area (Å²) in [7, 11) is 0. The molecule has 3 aliphatic rings. The van der Waals surface area contributed by atoms with E-state index in [4.69, 9.17) is 11.6 Å². The molecule has 1 aromatic heterocycles. The van der Waals surface area contributed by atoms with Crippen molar-refractivity contribution < 1.29 is 5.11 Å². The summed E-state index contributed by atoms with van der Waals surface area (Å²) in [6.45, 7) is 0.569. The molecule has 1 spiro atoms. The number of anilines is 1. The van der Waals surface area contributed by atoms with Crippen molar-refractivity contribution in [3.05, 3.63) is 17.0 Å². The summed E-state index contributed by atoms with van der Waals surface area (Å²) in [6, 6.07) is 0. The van der Waals surface area contributed by atoms with Gasteiger partial charge in [0.2, 0.25) is 0 Å². The topological polar surface area (TPSA) is 58.0 Å². The van der Waals surface area contributed by atoms with E-state index in [0.717, 1.165) is 30.6 Å². The highest BCUT2D eigenvalue weighted by Gasteiger charge is 2.48. The minimum absolute atomic E-state index is 0.293. The quantitative estimate of drug-likeness (QED) is 0.714. The number of β-amino-alcohol motifs (C(OH)–C–C–N with tert-alkyl or cyclic N) is 1. The van der Waals surface area contributed by atoms with E-state index in [0.29, 0.717) is 28.9 Å². The van der Waals surface area contributed by atoms with Crippen LogP contribution in [0.3, 0.4) is 0 Å². The third-order valence-corrected chi connectivity index (χ3v) is 6.59. The highest BCUT2D eigenvalue weighted by Crippen LogP contribution is 2.57. The first kappa shape index (κ1) is 14.7. The number of nitrogens with zero attached hydrogens (tertiary/aromatic N) is 2. The molecule has 0 aromatic carbocycles. The molecule has 2 fully saturated rings. The zero-order valence-electron chi connectivity index (χ0n) is 12.9. The lowest BCUT2D eigenvalue weighted by Crippen LogP contribution is -2.45. The average Bonchev–Trinajstić information content (AvgIpc) is 2.55. The molecule has 1 aromatic rings. The molecular weight excluding hydrogens is 298 g/mol. The van der Waals surface area contributed by atoms with Crippen LogP contribution in [-0.2, 0) is 0 Å². The fourth-order valence-electron chi connectivity index (χ4n) is 5.36. The molecule has 4 nitrogen and oxygen atoms in total. The highest BCUT2D eigenvalue weighted by atomic mass is 35.5. The van der Waals surface area contributed by atoms with E-state index in [1.807, 2.05) is 0 Å². The van der Waals surface area contributed by atoms with Crippen LogP contribution in [0.5, 0.6) is 0 Å². The molecule has 2 bridgehead atoms. The van der Waals surface area contributed by atoms with Crippen LogP contribution in [0.1, 0.15) is 62.8 Å². The summed E-state index contributed by atoms with van der Waals surface area (Å²) < 4.78 is 0. The van der Waals surface area contributed by atoms with Crippen molar-refractivity contribution in [1.29, 1.82) is 0 Å². The van der Waals surface area contributed by atoms with Crippen molar-refractivity contribution >= 4 is 17.4 Å². The molecule has 2 aliphatic carbocycles. The van der Waals surface area contributed by atoms with Gasteiger partial charge in [-0.2, -0.15) is 0 Å². The Labute approximate surface area is 136 Å². The van der Waals surface area contributed by atoms with Crippen LogP contribution in [0, 0.1) is 11.3 Å². The van der Waals surface area contributed by atoms with Crippen molar-refractivity contribution in [2.24, 2.45) is 11.3 Å². The first-order chi connectivity index (χ1) is 10.7. The maximum Gasteiger partial charge on any atom is 0.138 e. The maximum atomic E-state index is 10.8. The molecule has 4 atom stereocenters. The summed E-state index contributed by atoms with van der Waals surface area (Å²) >= 11 is 6.42. The third kappa shape index (κ3) is 2.31. The Morgan fingerprint density at radius 1 is 1.18 bits per heavy atom. The lowest BCUT2D eigenvalue weighted by molar-refractivity contribution is -0.0352. The molecule has 2 N–H and O–H groups in total.